The van der Waals surface area contributed by atoms with Crippen LogP contribution in [0, 0.1) is 0 Å². The summed E-state index contributed by atoms with van der Waals surface area (Å²) in [5.74, 6) is 0.785. The highest BCUT2D eigenvalue weighted by atomic mass is 32.1. The van der Waals surface area contributed by atoms with Crippen LogP contribution >= 0.6 is 11.3 Å². The predicted molar refractivity (Wildman–Crippen MR) is 110 cm³/mol. The number of aromatic nitrogens is 3. The molecule has 3 aromatic heterocycles. The van der Waals surface area contributed by atoms with Crippen LogP contribution in [0.4, 0.5) is 5.82 Å². The lowest BCUT2D eigenvalue weighted by Crippen LogP contribution is -2.30. The van der Waals surface area contributed by atoms with E-state index in [0.717, 1.165) is 40.1 Å². The molecule has 0 aromatic carbocycles. The van der Waals surface area contributed by atoms with E-state index in [2.05, 4.69) is 16.9 Å². The molecule has 0 amide bonds. The lowest BCUT2D eigenvalue weighted by atomic mass is 10.0. The van der Waals surface area contributed by atoms with Gasteiger partial charge in [-0.2, -0.15) is 0 Å². The van der Waals surface area contributed by atoms with E-state index in [1.54, 1.807) is 17.7 Å². The van der Waals surface area contributed by atoms with Crippen molar-refractivity contribution in [1.82, 2.24) is 15.0 Å². The molecule has 0 fully saturated rings. The Hall–Kier alpha value is -1.83. The average molecular weight is 387 g/mol. The minimum atomic E-state index is 0.0191. The molecule has 0 bridgehead atoms. The number of rotatable bonds is 8. The van der Waals surface area contributed by atoms with Gasteiger partial charge in [-0.25, -0.2) is 15.0 Å². The predicted octanol–water partition coefficient (Wildman–Crippen LogP) is 2.86. The molecular weight excluding hydrogens is 360 g/mol. The molecule has 7 heteroatoms. The van der Waals surface area contributed by atoms with Crippen LogP contribution in [0.1, 0.15) is 43.0 Å². The first-order chi connectivity index (χ1) is 13.3. The molecule has 0 atom stereocenters. The fourth-order valence-electron chi connectivity index (χ4n) is 4.11. The van der Waals surface area contributed by atoms with Crippen molar-refractivity contribution in [2.24, 2.45) is 0 Å². The van der Waals surface area contributed by atoms with Gasteiger partial charge in [0.05, 0.1) is 23.4 Å². The van der Waals surface area contributed by atoms with E-state index in [1.807, 2.05) is 4.90 Å². The number of aryl methyl sites for hydroxylation is 2. The number of fused-ring (bicyclic) bond motifs is 5. The molecule has 0 saturated heterocycles. The van der Waals surface area contributed by atoms with E-state index in [-0.39, 0.29) is 13.2 Å². The highest BCUT2D eigenvalue weighted by molar-refractivity contribution is 7.26. The number of pyridine rings is 1. The van der Waals surface area contributed by atoms with E-state index in [4.69, 9.17) is 4.98 Å². The van der Waals surface area contributed by atoms with Gasteiger partial charge >= 0.3 is 0 Å². The molecule has 0 spiro atoms. The Labute approximate surface area is 162 Å². The lowest BCUT2D eigenvalue weighted by molar-refractivity contribution is 0.281. The van der Waals surface area contributed by atoms with Crippen molar-refractivity contribution in [3.8, 4) is 0 Å². The van der Waals surface area contributed by atoms with Crippen molar-refractivity contribution >= 4 is 37.6 Å². The fraction of sp³-hybridized carbons (Fsp3) is 0.550. The van der Waals surface area contributed by atoms with Gasteiger partial charge in [0.1, 0.15) is 17.0 Å². The topological polar surface area (TPSA) is 82.4 Å². The third-order valence-electron chi connectivity index (χ3n) is 5.35. The molecule has 1 aliphatic carbocycles. The van der Waals surface area contributed by atoms with Gasteiger partial charge in [0.25, 0.3) is 0 Å². The summed E-state index contributed by atoms with van der Waals surface area (Å²) < 4.78 is 1.00. The van der Waals surface area contributed by atoms with Gasteiger partial charge in [0.15, 0.2) is 0 Å². The van der Waals surface area contributed by atoms with Gasteiger partial charge in [0, 0.05) is 24.2 Å². The van der Waals surface area contributed by atoms with Gasteiger partial charge in [-0.1, -0.05) is 13.3 Å². The van der Waals surface area contributed by atoms with E-state index < -0.39 is 0 Å². The smallest absolute Gasteiger partial charge is 0.150 e. The molecule has 4 rings (SSSR count). The van der Waals surface area contributed by atoms with Crippen molar-refractivity contribution in [3.05, 3.63) is 23.1 Å². The van der Waals surface area contributed by atoms with Gasteiger partial charge in [-0.15, -0.1) is 11.3 Å². The summed E-state index contributed by atoms with van der Waals surface area (Å²) >= 11 is 1.64. The zero-order chi connectivity index (χ0) is 18.8. The maximum Gasteiger partial charge on any atom is 0.150 e. The largest absolute Gasteiger partial charge is 0.395 e. The first-order valence-corrected chi connectivity index (χ1v) is 10.6. The molecule has 27 heavy (non-hydrogen) atoms. The molecule has 0 unspecified atom stereocenters. The minimum absolute atomic E-state index is 0.0191. The summed E-state index contributed by atoms with van der Waals surface area (Å²) in [6.45, 7) is 3.13. The molecule has 0 radical (unpaired) electrons. The summed E-state index contributed by atoms with van der Waals surface area (Å²) in [5.41, 5.74) is 5.10. The third kappa shape index (κ3) is 3.28. The second-order valence-corrected chi connectivity index (χ2v) is 8.06. The van der Waals surface area contributed by atoms with E-state index in [1.165, 1.54) is 41.5 Å². The van der Waals surface area contributed by atoms with Crippen LogP contribution in [0.15, 0.2) is 6.33 Å². The molecule has 1 aliphatic rings. The van der Waals surface area contributed by atoms with Crippen molar-refractivity contribution in [1.29, 1.82) is 0 Å². The van der Waals surface area contributed by atoms with E-state index in [0.29, 0.717) is 13.1 Å². The summed E-state index contributed by atoms with van der Waals surface area (Å²) in [5, 5.41) is 20.0. The molecule has 6 nitrogen and oxygen atoms in total. The Morgan fingerprint density at radius 1 is 1.11 bits per heavy atom. The number of nitrogens with zero attached hydrogens (tertiary/aromatic N) is 4. The Balaban J connectivity index is 1.92. The van der Waals surface area contributed by atoms with Crippen LogP contribution in [-0.2, 0) is 19.3 Å². The lowest BCUT2D eigenvalue weighted by Gasteiger charge is -2.21. The van der Waals surface area contributed by atoms with Crippen molar-refractivity contribution in [3.63, 3.8) is 0 Å². The van der Waals surface area contributed by atoms with Gasteiger partial charge in [0.2, 0.25) is 0 Å². The van der Waals surface area contributed by atoms with Crippen molar-refractivity contribution < 1.29 is 10.2 Å². The standard InChI is InChI=1S/C20H26N4O2S/c1-2-3-7-15-13-5-4-6-14(13)16-17-18(27-20(16)23-15)19(22-12-21-17)24(8-10-25)9-11-26/h12,25-26H,2-11H2,1H3. The summed E-state index contributed by atoms with van der Waals surface area (Å²) in [6.07, 6.45) is 8.38. The van der Waals surface area contributed by atoms with Crippen LogP contribution in [0.3, 0.4) is 0 Å². The number of aliphatic hydroxyl groups excluding tert-OH is 2. The molecule has 144 valence electrons. The summed E-state index contributed by atoms with van der Waals surface area (Å²) in [7, 11) is 0. The van der Waals surface area contributed by atoms with Crippen LogP contribution < -0.4 is 4.90 Å². The zero-order valence-corrected chi connectivity index (χ0v) is 16.6. The van der Waals surface area contributed by atoms with Gasteiger partial charge in [-0.3, -0.25) is 0 Å². The Bertz CT molecular complexity index is 950. The van der Waals surface area contributed by atoms with E-state index in [9.17, 15) is 10.2 Å². The second kappa shape index (κ2) is 8.04. The Morgan fingerprint density at radius 3 is 2.63 bits per heavy atom. The molecular formula is C20H26N4O2S. The number of aliphatic hydroxyl groups is 2. The summed E-state index contributed by atoms with van der Waals surface area (Å²) in [6, 6.07) is 0. The van der Waals surface area contributed by atoms with Gasteiger partial charge < -0.3 is 15.1 Å². The molecule has 3 heterocycles. The van der Waals surface area contributed by atoms with Crippen molar-refractivity contribution in [2.45, 2.75) is 45.4 Å². The Kier molecular flexibility index (Phi) is 5.52. The molecule has 2 N–H and O–H groups in total. The molecule has 3 aromatic rings. The van der Waals surface area contributed by atoms with E-state index >= 15 is 0 Å². The van der Waals surface area contributed by atoms with Crippen LogP contribution in [0.25, 0.3) is 20.4 Å². The quantitative estimate of drug-likeness (QED) is 0.619. The van der Waals surface area contributed by atoms with Gasteiger partial charge in [-0.05, 0) is 43.2 Å². The summed E-state index contributed by atoms with van der Waals surface area (Å²) in [4.78, 5) is 17.1. The maximum atomic E-state index is 9.41. The fourth-order valence-corrected chi connectivity index (χ4v) is 5.30. The Morgan fingerprint density at radius 2 is 1.89 bits per heavy atom. The van der Waals surface area contributed by atoms with Crippen LogP contribution in [-0.4, -0.2) is 51.5 Å². The number of hydrogen-bond acceptors (Lipinski definition) is 7. The number of thiophene rings is 1. The SMILES string of the molecule is CCCCc1nc2sc3c(N(CCO)CCO)ncnc3c2c2c1CCC2. The maximum absolute atomic E-state index is 9.41. The van der Waals surface area contributed by atoms with Crippen LogP contribution in [0.2, 0.25) is 0 Å². The second-order valence-electron chi connectivity index (χ2n) is 7.06. The number of anilines is 1. The minimum Gasteiger partial charge on any atom is -0.395 e. The monoisotopic (exact) mass is 386 g/mol. The molecule has 0 saturated carbocycles. The highest BCUT2D eigenvalue weighted by Crippen LogP contribution is 2.42. The first-order valence-electron chi connectivity index (χ1n) is 9.83. The third-order valence-corrected chi connectivity index (χ3v) is 6.41. The van der Waals surface area contributed by atoms with Crippen molar-refractivity contribution in [2.75, 3.05) is 31.2 Å². The number of hydrogen-bond donors (Lipinski definition) is 2. The molecule has 0 aliphatic heterocycles. The number of unbranched alkanes of at least 4 members (excludes halogenated alkanes) is 1. The van der Waals surface area contributed by atoms with Crippen LogP contribution in [0.5, 0.6) is 0 Å². The average Bonchev–Trinajstić information content (AvgIpc) is 3.29. The highest BCUT2D eigenvalue weighted by Gasteiger charge is 2.25. The normalized spacial score (nSPS) is 13.6. The first kappa shape index (κ1) is 18.5. The zero-order valence-electron chi connectivity index (χ0n) is 15.7.